The van der Waals surface area contributed by atoms with E-state index in [0.29, 0.717) is 23.3 Å². The topological polar surface area (TPSA) is 54.4 Å². The van der Waals surface area contributed by atoms with Crippen LogP contribution in [0.3, 0.4) is 0 Å². The number of carboxylic acids is 1. The summed E-state index contributed by atoms with van der Waals surface area (Å²) in [5.74, 6) is 0.398. The fourth-order valence-corrected chi connectivity index (χ4v) is 3.24. The van der Waals surface area contributed by atoms with Crippen molar-refractivity contribution < 1.29 is 14.7 Å². The summed E-state index contributed by atoms with van der Waals surface area (Å²) in [5, 5.41) is 8.54. The van der Waals surface area contributed by atoms with E-state index in [2.05, 4.69) is 12.2 Å². The maximum atomic E-state index is 12.0. The number of carbonyl (C=O) groups is 2. The van der Waals surface area contributed by atoms with Crippen molar-refractivity contribution in [3.05, 3.63) is 36.0 Å². The summed E-state index contributed by atoms with van der Waals surface area (Å²) in [7, 11) is 0. The van der Waals surface area contributed by atoms with Crippen molar-refractivity contribution in [2.45, 2.75) is 6.42 Å². The molecule has 82 valence electrons. The van der Waals surface area contributed by atoms with Gasteiger partial charge in [-0.3, -0.25) is 4.79 Å². The fraction of sp³-hybridized carbons (Fsp3) is 0.385. The van der Waals surface area contributed by atoms with Crippen LogP contribution >= 0.6 is 0 Å². The molecular formula is C13H12O3. The lowest BCUT2D eigenvalue weighted by molar-refractivity contribution is -0.131. The summed E-state index contributed by atoms with van der Waals surface area (Å²) in [4.78, 5) is 22.5. The second-order valence-corrected chi connectivity index (χ2v) is 4.71. The van der Waals surface area contributed by atoms with Gasteiger partial charge in [-0.05, 0) is 30.3 Å². The van der Waals surface area contributed by atoms with E-state index >= 15 is 0 Å². The van der Waals surface area contributed by atoms with E-state index in [0.717, 1.165) is 12.5 Å². The molecule has 0 aliphatic heterocycles. The Kier molecular flexibility index (Phi) is 1.90. The van der Waals surface area contributed by atoms with Crippen molar-refractivity contribution in [1.29, 1.82) is 0 Å². The first kappa shape index (κ1) is 9.58. The van der Waals surface area contributed by atoms with E-state index in [1.165, 1.54) is 6.08 Å². The molecule has 0 unspecified atom stereocenters. The maximum Gasteiger partial charge on any atom is 0.328 e. The van der Waals surface area contributed by atoms with Gasteiger partial charge in [-0.2, -0.15) is 0 Å². The minimum Gasteiger partial charge on any atom is -0.478 e. The number of carbonyl (C=O) groups excluding carboxylic acids is 1. The first-order chi connectivity index (χ1) is 7.66. The zero-order chi connectivity index (χ0) is 11.3. The van der Waals surface area contributed by atoms with Crippen LogP contribution in [0, 0.1) is 23.7 Å². The molecule has 0 amide bonds. The highest BCUT2D eigenvalue weighted by Gasteiger charge is 2.50. The molecule has 0 heterocycles. The van der Waals surface area contributed by atoms with Crippen LogP contribution in [0.4, 0.5) is 0 Å². The number of rotatable bonds is 2. The van der Waals surface area contributed by atoms with E-state index in [9.17, 15) is 9.59 Å². The average molecular weight is 216 g/mol. The summed E-state index contributed by atoms with van der Waals surface area (Å²) < 4.78 is 0. The fourth-order valence-electron chi connectivity index (χ4n) is 3.24. The van der Waals surface area contributed by atoms with Crippen molar-refractivity contribution in [2.75, 3.05) is 0 Å². The zero-order valence-electron chi connectivity index (χ0n) is 8.67. The molecule has 3 nitrogen and oxygen atoms in total. The highest BCUT2D eigenvalue weighted by Crippen LogP contribution is 2.52. The van der Waals surface area contributed by atoms with Crippen LogP contribution in [0.5, 0.6) is 0 Å². The Labute approximate surface area is 93.1 Å². The predicted molar refractivity (Wildman–Crippen MR) is 57.6 cm³/mol. The number of carboxylic acid groups (broad SMARTS) is 1. The Bertz CT molecular complexity index is 456. The minimum atomic E-state index is -1.01. The van der Waals surface area contributed by atoms with Crippen LogP contribution in [0.1, 0.15) is 6.42 Å². The Morgan fingerprint density at radius 3 is 2.81 bits per heavy atom. The summed E-state index contributed by atoms with van der Waals surface area (Å²) in [6.45, 7) is 0. The summed E-state index contributed by atoms with van der Waals surface area (Å²) >= 11 is 0. The Morgan fingerprint density at radius 1 is 1.38 bits per heavy atom. The first-order valence-electron chi connectivity index (χ1n) is 5.52. The van der Waals surface area contributed by atoms with E-state index in [4.69, 9.17) is 5.11 Å². The monoisotopic (exact) mass is 216 g/mol. The van der Waals surface area contributed by atoms with Crippen molar-refractivity contribution in [3.8, 4) is 0 Å². The molecule has 1 N–H and O–H groups in total. The van der Waals surface area contributed by atoms with Gasteiger partial charge < -0.3 is 5.11 Å². The van der Waals surface area contributed by atoms with Gasteiger partial charge in [0.15, 0.2) is 5.78 Å². The van der Waals surface area contributed by atoms with Crippen molar-refractivity contribution in [3.63, 3.8) is 0 Å². The van der Waals surface area contributed by atoms with Gasteiger partial charge in [0.2, 0.25) is 0 Å². The molecule has 1 saturated carbocycles. The van der Waals surface area contributed by atoms with Gasteiger partial charge in [0, 0.05) is 17.6 Å². The van der Waals surface area contributed by atoms with Crippen LogP contribution in [-0.4, -0.2) is 16.9 Å². The molecule has 0 radical (unpaired) electrons. The van der Waals surface area contributed by atoms with E-state index in [1.807, 2.05) is 6.08 Å². The van der Waals surface area contributed by atoms with Crippen molar-refractivity contribution in [1.82, 2.24) is 0 Å². The molecular weight excluding hydrogens is 204 g/mol. The van der Waals surface area contributed by atoms with Crippen LogP contribution in [0.15, 0.2) is 36.0 Å². The van der Waals surface area contributed by atoms with E-state index in [1.54, 1.807) is 0 Å². The van der Waals surface area contributed by atoms with Gasteiger partial charge in [0.05, 0.1) is 0 Å². The summed E-state index contributed by atoms with van der Waals surface area (Å²) in [6.07, 6.45) is 9.86. The molecule has 0 aromatic rings. The number of aliphatic carboxylic acids is 1. The Hall–Kier alpha value is -1.64. The van der Waals surface area contributed by atoms with Gasteiger partial charge in [0.25, 0.3) is 0 Å². The van der Waals surface area contributed by atoms with Crippen LogP contribution in [0.2, 0.25) is 0 Å². The third kappa shape index (κ3) is 1.21. The smallest absolute Gasteiger partial charge is 0.328 e. The first-order valence-corrected chi connectivity index (χ1v) is 5.52. The lowest BCUT2D eigenvalue weighted by Crippen LogP contribution is -2.20. The van der Waals surface area contributed by atoms with Gasteiger partial charge >= 0.3 is 5.97 Å². The van der Waals surface area contributed by atoms with E-state index < -0.39 is 5.97 Å². The molecule has 3 aliphatic carbocycles. The molecule has 0 saturated heterocycles. The summed E-state index contributed by atoms with van der Waals surface area (Å²) in [5.41, 5.74) is 0.579. The summed E-state index contributed by atoms with van der Waals surface area (Å²) in [6, 6.07) is 0. The SMILES string of the molecule is O=C(O)/C=C/C1=C[C@H]2[C@@H](C1=O)[C@@H]1C=C[C@H]2C1. The molecule has 3 rings (SSSR count). The number of Topliss-reactive ketones (excluding diaryl/α,β-unsaturated/α-hetero) is 1. The molecule has 16 heavy (non-hydrogen) atoms. The van der Waals surface area contributed by atoms with Gasteiger partial charge in [-0.15, -0.1) is 0 Å². The highest BCUT2D eigenvalue weighted by atomic mass is 16.4. The number of hydrogen-bond acceptors (Lipinski definition) is 2. The second kappa shape index (κ2) is 3.17. The van der Waals surface area contributed by atoms with Crippen molar-refractivity contribution >= 4 is 11.8 Å². The van der Waals surface area contributed by atoms with Gasteiger partial charge in [-0.1, -0.05) is 18.2 Å². The largest absolute Gasteiger partial charge is 0.478 e. The second-order valence-electron chi connectivity index (χ2n) is 4.71. The molecule has 3 aliphatic rings. The minimum absolute atomic E-state index is 0.0865. The van der Waals surface area contributed by atoms with E-state index in [-0.39, 0.29) is 11.7 Å². The number of fused-ring (bicyclic) bond motifs is 5. The van der Waals surface area contributed by atoms with Crippen LogP contribution in [0.25, 0.3) is 0 Å². The Balaban J connectivity index is 1.87. The van der Waals surface area contributed by atoms with Crippen LogP contribution in [-0.2, 0) is 9.59 Å². The third-order valence-corrected chi connectivity index (χ3v) is 3.88. The molecule has 0 aromatic carbocycles. The standard InChI is InChI=1S/C13H12O3/c14-11(15)4-3-9-6-10-7-1-2-8(5-7)12(10)13(9)16/h1-4,6-8,10,12H,5H2,(H,14,15)/b4-3+/t7-,8+,10+,12-/m0/s1. The maximum absolute atomic E-state index is 12.0. The number of ketones is 1. The average Bonchev–Trinajstić information content (AvgIpc) is 2.88. The number of hydrogen-bond donors (Lipinski definition) is 1. The normalized spacial score (nSPS) is 39.5. The van der Waals surface area contributed by atoms with Crippen LogP contribution < -0.4 is 0 Å². The molecule has 2 bridgehead atoms. The van der Waals surface area contributed by atoms with Gasteiger partial charge in [0.1, 0.15) is 0 Å². The predicted octanol–water partition coefficient (Wildman–Crippen LogP) is 1.57. The number of allylic oxidation sites excluding steroid dienone is 5. The quantitative estimate of drug-likeness (QED) is 0.563. The lowest BCUT2D eigenvalue weighted by atomic mass is 9.85. The van der Waals surface area contributed by atoms with Gasteiger partial charge in [-0.25, -0.2) is 4.79 Å². The molecule has 3 heteroatoms. The highest BCUT2D eigenvalue weighted by molar-refractivity contribution is 6.04. The zero-order valence-corrected chi connectivity index (χ0v) is 8.67. The molecule has 4 atom stereocenters. The molecule has 1 fully saturated rings. The van der Waals surface area contributed by atoms with Crippen molar-refractivity contribution in [2.24, 2.45) is 23.7 Å². The third-order valence-electron chi connectivity index (χ3n) is 3.88. The lowest BCUT2D eigenvalue weighted by Gasteiger charge is -2.17. The molecule has 0 aromatic heterocycles. The Morgan fingerprint density at radius 2 is 2.12 bits per heavy atom. The molecule has 0 spiro atoms.